The maximum atomic E-state index is 9.32. The number of aromatic nitrogens is 3. The average Bonchev–Trinajstić information content (AvgIpc) is 2.48. The van der Waals surface area contributed by atoms with Crippen molar-refractivity contribution in [2.75, 3.05) is 41.8 Å². The normalized spacial score (nSPS) is 11.0. The van der Waals surface area contributed by atoms with Crippen LogP contribution in [-0.4, -0.2) is 52.3 Å². The van der Waals surface area contributed by atoms with Crippen molar-refractivity contribution in [1.29, 1.82) is 0 Å². The number of hydrogen-bond acceptors (Lipinski definition) is 7. The molecule has 0 aliphatic carbocycles. The fraction of sp³-hybridized carbons (Fsp3) is 0.786. The molecule has 0 aliphatic rings. The van der Waals surface area contributed by atoms with Crippen LogP contribution in [0.2, 0.25) is 0 Å². The van der Waals surface area contributed by atoms with E-state index in [0.29, 0.717) is 18.4 Å². The van der Waals surface area contributed by atoms with Gasteiger partial charge in [0, 0.05) is 25.7 Å². The summed E-state index contributed by atoms with van der Waals surface area (Å²) in [5.41, 5.74) is 5.85. The molecule has 1 aromatic rings. The van der Waals surface area contributed by atoms with Crippen molar-refractivity contribution in [3.05, 3.63) is 0 Å². The smallest absolute Gasteiger partial charge is 0.232 e. The lowest BCUT2D eigenvalue weighted by Crippen LogP contribution is -2.38. The predicted octanol–water partition coefficient (Wildman–Crippen LogP) is 1.29. The first-order chi connectivity index (χ1) is 10.1. The second kappa shape index (κ2) is 8.61. The van der Waals surface area contributed by atoms with E-state index in [4.69, 9.17) is 5.73 Å². The Morgan fingerprint density at radius 2 is 1.57 bits per heavy atom. The molecule has 0 atom stereocenters. The first kappa shape index (κ1) is 17.4. The van der Waals surface area contributed by atoms with Gasteiger partial charge in [-0.15, -0.1) is 0 Å². The van der Waals surface area contributed by atoms with Gasteiger partial charge in [0.15, 0.2) is 0 Å². The van der Waals surface area contributed by atoms with Crippen molar-refractivity contribution in [2.24, 2.45) is 0 Å². The second-order valence-electron chi connectivity index (χ2n) is 4.85. The summed E-state index contributed by atoms with van der Waals surface area (Å²) in [5.74, 6) is 1.36. The average molecular weight is 296 g/mol. The number of rotatable bonds is 9. The van der Waals surface area contributed by atoms with Crippen LogP contribution < -0.4 is 15.5 Å². The molecule has 21 heavy (non-hydrogen) atoms. The van der Waals surface area contributed by atoms with Gasteiger partial charge in [-0.3, -0.25) is 0 Å². The van der Waals surface area contributed by atoms with Gasteiger partial charge in [-0.25, -0.2) is 0 Å². The summed E-state index contributed by atoms with van der Waals surface area (Å²) in [4.78, 5) is 17.1. The van der Waals surface area contributed by atoms with E-state index in [1.807, 2.05) is 9.80 Å². The SMILES string of the molecule is CCC(CC)N(CCO)c1nc(N)nc(N(CC)CC)n1. The highest BCUT2D eigenvalue weighted by Crippen LogP contribution is 2.19. The van der Waals surface area contributed by atoms with Crippen molar-refractivity contribution < 1.29 is 5.11 Å². The Morgan fingerprint density at radius 1 is 1.00 bits per heavy atom. The topological polar surface area (TPSA) is 91.4 Å². The van der Waals surface area contributed by atoms with Crippen molar-refractivity contribution in [3.8, 4) is 0 Å². The van der Waals surface area contributed by atoms with Crippen LogP contribution in [0.4, 0.5) is 17.8 Å². The van der Waals surface area contributed by atoms with Crippen LogP contribution in [0, 0.1) is 0 Å². The molecule has 0 amide bonds. The third kappa shape index (κ3) is 4.42. The summed E-state index contributed by atoms with van der Waals surface area (Å²) in [5, 5.41) is 9.32. The molecule has 0 radical (unpaired) electrons. The second-order valence-corrected chi connectivity index (χ2v) is 4.85. The van der Waals surface area contributed by atoms with Crippen molar-refractivity contribution in [3.63, 3.8) is 0 Å². The maximum Gasteiger partial charge on any atom is 0.232 e. The number of aliphatic hydroxyl groups is 1. The quantitative estimate of drug-likeness (QED) is 0.709. The lowest BCUT2D eigenvalue weighted by molar-refractivity contribution is 0.295. The molecule has 7 heteroatoms. The Kier molecular flexibility index (Phi) is 7.14. The zero-order valence-electron chi connectivity index (χ0n) is 13.6. The molecule has 0 spiro atoms. The summed E-state index contributed by atoms with van der Waals surface area (Å²) in [6.45, 7) is 10.5. The Morgan fingerprint density at radius 3 is 2.05 bits per heavy atom. The van der Waals surface area contributed by atoms with Gasteiger partial charge in [0.2, 0.25) is 17.8 Å². The van der Waals surface area contributed by atoms with E-state index in [9.17, 15) is 5.11 Å². The third-order valence-electron chi connectivity index (χ3n) is 3.66. The van der Waals surface area contributed by atoms with Crippen LogP contribution in [0.15, 0.2) is 0 Å². The maximum absolute atomic E-state index is 9.32. The number of anilines is 3. The zero-order valence-corrected chi connectivity index (χ0v) is 13.6. The van der Waals surface area contributed by atoms with E-state index in [1.165, 1.54) is 0 Å². The Balaban J connectivity index is 3.18. The lowest BCUT2D eigenvalue weighted by Gasteiger charge is -2.30. The molecule has 1 heterocycles. The first-order valence-corrected chi connectivity index (χ1v) is 7.75. The van der Waals surface area contributed by atoms with E-state index < -0.39 is 0 Å². The molecule has 7 nitrogen and oxygen atoms in total. The Labute approximate surface area is 127 Å². The Bertz CT molecular complexity index is 420. The van der Waals surface area contributed by atoms with Gasteiger partial charge < -0.3 is 20.6 Å². The van der Waals surface area contributed by atoms with Gasteiger partial charge in [0.25, 0.3) is 0 Å². The van der Waals surface area contributed by atoms with Gasteiger partial charge in [-0.2, -0.15) is 15.0 Å². The summed E-state index contributed by atoms with van der Waals surface area (Å²) in [7, 11) is 0. The van der Waals surface area contributed by atoms with Crippen LogP contribution >= 0.6 is 0 Å². The van der Waals surface area contributed by atoms with Gasteiger partial charge in [0.05, 0.1) is 6.61 Å². The summed E-state index contributed by atoms with van der Waals surface area (Å²) in [6.07, 6.45) is 1.92. The number of aliphatic hydroxyl groups excluding tert-OH is 1. The minimum atomic E-state index is 0.0582. The zero-order chi connectivity index (χ0) is 15.8. The van der Waals surface area contributed by atoms with E-state index in [0.717, 1.165) is 25.9 Å². The lowest BCUT2D eigenvalue weighted by atomic mass is 10.1. The molecule has 0 saturated heterocycles. The highest BCUT2D eigenvalue weighted by atomic mass is 16.3. The molecular formula is C14H28N6O. The van der Waals surface area contributed by atoms with Crippen LogP contribution in [0.3, 0.4) is 0 Å². The highest BCUT2D eigenvalue weighted by molar-refractivity contribution is 5.44. The minimum Gasteiger partial charge on any atom is -0.395 e. The van der Waals surface area contributed by atoms with Crippen LogP contribution in [-0.2, 0) is 0 Å². The number of hydrogen-bond donors (Lipinski definition) is 2. The van der Waals surface area contributed by atoms with Crippen LogP contribution in [0.25, 0.3) is 0 Å². The summed E-state index contributed by atoms with van der Waals surface area (Å²) < 4.78 is 0. The van der Waals surface area contributed by atoms with E-state index >= 15 is 0 Å². The molecule has 0 aromatic carbocycles. The van der Waals surface area contributed by atoms with Crippen molar-refractivity contribution >= 4 is 17.8 Å². The number of nitrogens with two attached hydrogens (primary N) is 1. The molecule has 3 N–H and O–H groups in total. The van der Waals surface area contributed by atoms with Gasteiger partial charge in [-0.05, 0) is 26.7 Å². The molecule has 0 bridgehead atoms. The molecular weight excluding hydrogens is 268 g/mol. The highest BCUT2D eigenvalue weighted by Gasteiger charge is 2.20. The third-order valence-corrected chi connectivity index (χ3v) is 3.66. The standard InChI is InChI=1S/C14H28N6O/c1-5-11(6-2)20(9-10-21)14-17-12(15)16-13(18-14)19(7-3)8-4/h11,21H,5-10H2,1-4H3,(H2,15,16,17,18). The largest absolute Gasteiger partial charge is 0.395 e. The molecule has 0 unspecified atom stereocenters. The molecule has 120 valence electrons. The minimum absolute atomic E-state index is 0.0582. The van der Waals surface area contributed by atoms with E-state index in [1.54, 1.807) is 0 Å². The summed E-state index contributed by atoms with van der Waals surface area (Å²) >= 11 is 0. The fourth-order valence-corrected chi connectivity index (χ4v) is 2.43. The van der Waals surface area contributed by atoms with E-state index in [-0.39, 0.29) is 18.6 Å². The van der Waals surface area contributed by atoms with Crippen molar-refractivity contribution in [2.45, 2.75) is 46.6 Å². The predicted molar refractivity (Wildman–Crippen MR) is 86.6 cm³/mol. The molecule has 1 aromatic heterocycles. The van der Waals surface area contributed by atoms with Crippen LogP contribution in [0.5, 0.6) is 0 Å². The van der Waals surface area contributed by atoms with E-state index in [2.05, 4.69) is 42.6 Å². The monoisotopic (exact) mass is 296 g/mol. The molecule has 0 fully saturated rings. The fourth-order valence-electron chi connectivity index (χ4n) is 2.43. The summed E-state index contributed by atoms with van der Waals surface area (Å²) in [6, 6.07) is 0.281. The molecule has 0 saturated carbocycles. The Hall–Kier alpha value is -1.63. The number of nitrogens with zero attached hydrogens (tertiary/aromatic N) is 5. The molecule has 0 aliphatic heterocycles. The number of nitrogen functional groups attached to an aromatic ring is 1. The van der Waals surface area contributed by atoms with Crippen molar-refractivity contribution in [1.82, 2.24) is 15.0 Å². The first-order valence-electron chi connectivity index (χ1n) is 7.75. The molecule has 1 rings (SSSR count). The van der Waals surface area contributed by atoms with Gasteiger partial charge in [0.1, 0.15) is 0 Å². The van der Waals surface area contributed by atoms with Gasteiger partial charge in [-0.1, -0.05) is 13.8 Å². The van der Waals surface area contributed by atoms with Gasteiger partial charge >= 0.3 is 0 Å². The van der Waals surface area contributed by atoms with Crippen LogP contribution in [0.1, 0.15) is 40.5 Å².